The average Bonchev–Trinajstić information content (AvgIpc) is 2.27. The number of alkyl halides is 3. The maximum Gasteiger partial charge on any atom is 0.419 e. The fraction of sp³-hybridized carbons (Fsp3) is 0.538. The SMILES string of the molecule is CC(C)CSCC(N)c1ccc(F)c(C(F)(F)F)c1. The molecule has 1 atom stereocenters. The lowest BCUT2D eigenvalue weighted by atomic mass is 10.0. The lowest BCUT2D eigenvalue weighted by Crippen LogP contribution is -2.16. The zero-order valence-electron chi connectivity index (χ0n) is 10.8. The minimum atomic E-state index is -4.69. The van der Waals surface area contributed by atoms with Gasteiger partial charge in [-0.2, -0.15) is 24.9 Å². The quantitative estimate of drug-likeness (QED) is 0.823. The number of benzene rings is 1. The maximum atomic E-state index is 13.1. The molecule has 1 aromatic carbocycles. The Labute approximate surface area is 114 Å². The van der Waals surface area contributed by atoms with E-state index in [0.717, 1.165) is 17.9 Å². The Morgan fingerprint density at radius 2 is 1.84 bits per heavy atom. The normalized spacial score (nSPS) is 13.9. The van der Waals surface area contributed by atoms with Gasteiger partial charge >= 0.3 is 6.18 Å². The Balaban J connectivity index is 2.78. The zero-order valence-corrected chi connectivity index (χ0v) is 11.6. The molecule has 0 aromatic heterocycles. The predicted octanol–water partition coefficient (Wildman–Crippen LogP) is 4.23. The van der Waals surface area contributed by atoms with Crippen molar-refractivity contribution < 1.29 is 17.6 Å². The fourth-order valence-corrected chi connectivity index (χ4v) is 2.57. The van der Waals surface area contributed by atoms with E-state index in [2.05, 4.69) is 13.8 Å². The van der Waals surface area contributed by atoms with Gasteiger partial charge in [0.15, 0.2) is 0 Å². The first-order chi connectivity index (χ1) is 8.71. The summed E-state index contributed by atoms with van der Waals surface area (Å²) in [6.07, 6.45) is -4.69. The number of rotatable bonds is 5. The first-order valence-corrected chi connectivity index (χ1v) is 7.07. The fourth-order valence-electron chi connectivity index (χ4n) is 1.52. The number of nitrogens with two attached hydrogens (primary N) is 1. The van der Waals surface area contributed by atoms with Crippen LogP contribution in [0.5, 0.6) is 0 Å². The Hall–Kier alpha value is -0.750. The Morgan fingerprint density at radius 1 is 1.21 bits per heavy atom. The Bertz CT molecular complexity index is 418. The molecule has 1 nitrogen and oxygen atoms in total. The van der Waals surface area contributed by atoms with Gasteiger partial charge in [0.2, 0.25) is 0 Å². The molecule has 0 aliphatic rings. The van der Waals surface area contributed by atoms with Crippen molar-refractivity contribution in [2.75, 3.05) is 11.5 Å². The van der Waals surface area contributed by atoms with Crippen molar-refractivity contribution in [1.29, 1.82) is 0 Å². The molecule has 0 aliphatic heterocycles. The Kier molecular flexibility index (Phi) is 5.67. The van der Waals surface area contributed by atoms with Crippen LogP contribution in [-0.2, 0) is 6.18 Å². The van der Waals surface area contributed by atoms with Gasteiger partial charge in [-0.1, -0.05) is 19.9 Å². The predicted molar refractivity (Wildman–Crippen MR) is 70.5 cm³/mol. The van der Waals surface area contributed by atoms with E-state index in [-0.39, 0.29) is 0 Å². The highest BCUT2D eigenvalue weighted by Gasteiger charge is 2.34. The summed E-state index contributed by atoms with van der Waals surface area (Å²) in [6.45, 7) is 4.11. The van der Waals surface area contributed by atoms with Crippen molar-refractivity contribution in [3.05, 3.63) is 35.1 Å². The van der Waals surface area contributed by atoms with E-state index in [1.807, 2.05) is 0 Å². The monoisotopic (exact) mass is 295 g/mol. The second-order valence-electron chi connectivity index (χ2n) is 4.77. The molecule has 0 saturated heterocycles. The third kappa shape index (κ3) is 5.03. The third-order valence-electron chi connectivity index (χ3n) is 2.47. The van der Waals surface area contributed by atoms with E-state index < -0.39 is 23.6 Å². The van der Waals surface area contributed by atoms with E-state index in [0.29, 0.717) is 17.2 Å². The highest BCUT2D eigenvalue weighted by atomic mass is 32.2. The van der Waals surface area contributed by atoms with Crippen LogP contribution < -0.4 is 5.73 Å². The molecule has 0 fully saturated rings. The summed E-state index contributed by atoms with van der Waals surface area (Å²) >= 11 is 1.58. The van der Waals surface area contributed by atoms with E-state index in [9.17, 15) is 17.6 Å². The first-order valence-electron chi connectivity index (χ1n) is 5.91. The highest BCUT2D eigenvalue weighted by molar-refractivity contribution is 7.99. The van der Waals surface area contributed by atoms with Crippen LogP contribution in [0.25, 0.3) is 0 Å². The van der Waals surface area contributed by atoms with Crippen LogP contribution in [0, 0.1) is 11.7 Å². The zero-order chi connectivity index (χ0) is 14.6. The van der Waals surface area contributed by atoms with Crippen LogP contribution in [-0.4, -0.2) is 11.5 Å². The van der Waals surface area contributed by atoms with Crippen molar-refractivity contribution in [2.45, 2.75) is 26.1 Å². The van der Waals surface area contributed by atoms with Gasteiger partial charge in [-0.3, -0.25) is 0 Å². The molecular weight excluding hydrogens is 278 g/mol. The van der Waals surface area contributed by atoms with Gasteiger partial charge in [0.1, 0.15) is 5.82 Å². The second kappa shape index (κ2) is 6.61. The van der Waals surface area contributed by atoms with Crippen LogP contribution >= 0.6 is 11.8 Å². The molecule has 108 valence electrons. The summed E-state index contributed by atoms with van der Waals surface area (Å²) in [5.74, 6) is 0.636. The number of thioether (sulfide) groups is 1. The van der Waals surface area contributed by atoms with Crippen molar-refractivity contribution in [1.82, 2.24) is 0 Å². The van der Waals surface area contributed by atoms with Crippen molar-refractivity contribution >= 4 is 11.8 Å². The van der Waals surface area contributed by atoms with Crippen LogP contribution in [0.15, 0.2) is 18.2 Å². The molecule has 0 saturated carbocycles. The molecule has 0 aliphatic carbocycles. The van der Waals surface area contributed by atoms with Crippen LogP contribution in [0.3, 0.4) is 0 Å². The Morgan fingerprint density at radius 3 is 2.37 bits per heavy atom. The summed E-state index contributed by atoms with van der Waals surface area (Å²) < 4.78 is 50.8. The molecule has 1 rings (SSSR count). The van der Waals surface area contributed by atoms with Crippen LogP contribution in [0.1, 0.15) is 31.0 Å². The summed E-state index contributed by atoms with van der Waals surface area (Å²) in [6, 6.07) is 2.41. The second-order valence-corrected chi connectivity index (χ2v) is 5.85. The van der Waals surface area contributed by atoms with E-state index in [1.54, 1.807) is 11.8 Å². The molecule has 0 radical (unpaired) electrons. The van der Waals surface area contributed by atoms with Crippen molar-refractivity contribution in [2.24, 2.45) is 11.7 Å². The van der Waals surface area contributed by atoms with Gasteiger partial charge in [-0.15, -0.1) is 0 Å². The first kappa shape index (κ1) is 16.3. The molecule has 0 heterocycles. The maximum absolute atomic E-state index is 13.1. The summed E-state index contributed by atoms with van der Waals surface area (Å²) in [7, 11) is 0. The average molecular weight is 295 g/mol. The third-order valence-corrected chi connectivity index (χ3v) is 3.97. The smallest absolute Gasteiger partial charge is 0.323 e. The summed E-state index contributed by atoms with van der Waals surface area (Å²) in [5, 5.41) is 0. The molecular formula is C13H17F4NS. The lowest BCUT2D eigenvalue weighted by Gasteiger charge is -2.15. The van der Waals surface area contributed by atoms with Gasteiger partial charge < -0.3 is 5.73 Å². The van der Waals surface area contributed by atoms with Crippen LogP contribution in [0.2, 0.25) is 0 Å². The molecule has 2 N–H and O–H groups in total. The highest BCUT2D eigenvalue weighted by Crippen LogP contribution is 2.33. The number of hydrogen-bond acceptors (Lipinski definition) is 2. The van der Waals surface area contributed by atoms with Gasteiger partial charge in [0.25, 0.3) is 0 Å². The molecule has 19 heavy (non-hydrogen) atoms. The van der Waals surface area contributed by atoms with Gasteiger partial charge in [0, 0.05) is 11.8 Å². The van der Waals surface area contributed by atoms with Gasteiger partial charge in [-0.25, -0.2) is 4.39 Å². The van der Waals surface area contributed by atoms with Gasteiger partial charge in [-0.05, 0) is 29.4 Å². The van der Waals surface area contributed by atoms with E-state index in [1.165, 1.54) is 6.07 Å². The summed E-state index contributed by atoms with van der Waals surface area (Å²) in [5.41, 5.74) is 4.89. The van der Waals surface area contributed by atoms with E-state index in [4.69, 9.17) is 5.73 Å². The number of hydrogen-bond donors (Lipinski definition) is 1. The van der Waals surface area contributed by atoms with E-state index >= 15 is 0 Å². The molecule has 1 unspecified atom stereocenters. The summed E-state index contributed by atoms with van der Waals surface area (Å²) in [4.78, 5) is 0. The topological polar surface area (TPSA) is 26.0 Å². The molecule has 6 heteroatoms. The van der Waals surface area contributed by atoms with Crippen LogP contribution in [0.4, 0.5) is 17.6 Å². The minimum absolute atomic E-state index is 0.310. The molecule has 0 amide bonds. The van der Waals surface area contributed by atoms with Crippen molar-refractivity contribution in [3.8, 4) is 0 Å². The molecule has 1 aromatic rings. The van der Waals surface area contributed by atoms with Crippen molar-refractivity contribution in [3.63, 3.8) is 0 Å². The molecule has 0 bridgehead atoms. The largest absolute Gasteiger partial charge is 0.419 e. The van der Waals surface area contributed by atoms with Gasteiger partial charge in [0.05, 0.1) is 5.56 Å². The number of halogens is 4. The minimum Gasteiger partial charge on any atom is -0.323 e. The standard InChI is InChI=1S/C13H17F4NS/c1-8(2)6-19-7-12(18)9-3-4-11(14)10(5-9)13(15,16)17/h3-5,8,12H,6-7,18H2,1-2H3. The molecule has 0 spiro atoms. The lowest BCUT2D eigenvalue weighted by molar-refractivity contribution is -0.140.